The molecule has 0 saturated heterocycles. The van der Waals surface area contributed by atoms with Gasteiger partial charge in [0.1, 0.15) is 6.04 Å². The van der Waals surface area contributed by atoms with Gasteiger partial charge in [-0.2, -0.15) is 5.26 Å². The largest absolute Gasteiger partial charge is 0.468 e. The van der Waals surface area contributed by atoms with Gasteiger partial charge in [0.15, 0.2) is 0 Å². The summed E-state index contributed by atoms with van der Waals surface area (Å²) in [6.45, 7) is 0.106. The van der Waals surface area contributed by atoms with Crippen molar-refractivity contribution in [3.8, 4) is 6.07 Å². The van der Waals surface area contributed by atoms with Gasteiger partial charge in [-0.05, 0) is 5.56 Å². The number of esters is 1. The summed E-state index contributed by atoms with van der Waals surface area (Å²) in [6.07, 6.45) is 0. The fourth-order valence-electron chi connectivity index (χ4n) is 1.25. The third-order valence-corrected chi connectivity index (χ3v) is 1.96. The second-order valence-corrected chi connectivity index (χ2v) is 2.91. The Morgan fingerprint density at radius 3 is 2.73 bits per heavy atom. The number of hydrogen-bond donors (Lipinski definition) is 1. The minimum absolute atomic E-state index is 0.106. The molecule has 0 spiro atoms. The maximum atomic E-state index is 11.4. The Morgan fingerprint density at radius 2 is 2.20 bits per heavy atom. The minimum Gasteiger partial charge on any atom is -0.468 e. The highest BCUT2D eigenvalue weighted by molar-refractivity contribution is 5.77. The molecule has 0 fully saturated rings. The third kappa shape index (κ3) is 3.08. The first kappa shape index (κ1) is 11.2. The van der Waals surface area contributed by atoms with E-state index in [0.29, 0.717) is 0 Å². The summed E-state index contributed by atoms with van der Waals surface area (Å²) in [6, 6.07) is 10.5. The van der Waals surface area contributed by atoms with Crippen LogP contribution in [0.3, 0.4) is 0 Å². The van der Waals surface area contributed by atoms with Crippen molar-refractivity contribution in [2.45, 2.75) is 6.04 Å². The number of ether oxygens (including phenoxy) is 1. The number of nitriles is 1. The molecule has 0 aliphatic rings. The molecule has 1 rings (SSSR count). The maximum absolute atomic E-state index is 11.4. The summed E-state index contributed by atoms with van der Waals surface area (Å²) in [5.74, 6) is -0.392. The average molecular weight is 204 g/mol. The summed E-state index contributed by atoms with van der Waals surface area (Å²) >= 11 is 0. The van der Waals surface area contributed by atoms with Crippen molar-refractivity contribution in [2.75, 3.05) is 13.7 Å². The zero-order valence-corrected chi connectivity index (χ0v) is 8.43. The van der Waals surface area contributed by atoms with Crippen LogP contribution in [0.25, 0.3) is 0 Å². The Morgan fingerprint density at radius 1 is 1.53 bits per heavy atom. The van der Waals surface area contributed by atoms with E-state index in [0.717, 1.165) is 5.56 Å². The van der Waals surface area contributed by atoms with Crippen molar-refractivity contribution in [3.05, 3.63) is 35.9 Å². The first-order valence-corrected chi connectivity index (χ1v) is 4.52. The van der Waals surface area contributed by atoms with Gasteiger partial charge in [0.05, 0.1) is 19.7 Å². The number of nitrogens with zero attached hydrogens (tertiary/aromatic N) is 1. The number of carbonyl (C=O) groups excluding carboxylic acids is 1. The Bertz CT molecular complexity index is 357. The lowest BCUT2D eigenvalue weighted by atomic mass is 10.1. The fourth-order valence-corrected chi connectivity index (χ4v) is 1.25. The molecule has 0 saturated carbocycles. The van der Waals surface area contributed by atoms with E-state index < -0.39 is 12.0 Å². The van der Waals surface area contributed by atoms with Crippen LogP contribution in [0, 0.1) is 11.3 Å². The van der Waals surface area contributed by atoms with E-state index in [9.17, 15) is 4.79 Å². The number of benzene rings is 1. The minimum atomic E-state index is -0.573. The van der Waals surface area contributed by atoms with Crippen molar-refractivity contribution in [1.82, 2.24) is 5.32 Å². The molecule has 0 aliphatic carbocycles. The van der Waals surface area contributed by atoms with Gasteiger partial charge in [0.25, 0.3) is 0 Å². The molecule has 0 aliphatic heterocycles. The smallest absolute Gasteiger partial charge is 0.327 e. The van der Waals surface area contributed by atoms with Crippen LogP contribution in [0.5, 0.6) is 0 Å². The monoisotopic (exact) mass is 204 g/mol. The summed E-state index contributed by atoms with van der Waals surface area (Å²) in [5.41, 5.74) is 0.791. The number of nitrogens with one attached hydrogen (secondary N) is 1. The summed E-state index contributed by atoms with van der Waals surface area (Å²) in [5, 5.41) is 11.3. The summed E-state index contributed by atoms with van der Waals surface area (Å²) in [7, 11) is 1.33. The van der Waals surface area contributed by atoms with E-state index in [4.69, 9.17) is 5.26 Å². The van der Waals surface area contributed by atoms with Crippen molar-refractivity contribution >= 4 is 5.97 Å². The van der Waals surface area contributed by atoms with Gasteiger partial charge in [-0.1, -0.05) is 30.3 Å². The van der Waals surface area contributed by atoms with Crippen LogP contribution in [-0.4, -0.2) is 19.6 Å². The van der Waals surface area contributed by atoms with Gasteiger partial charge in [0.2, 0.25) is 0 Å². The lowest BCUT2D eigenvalue weighted by Gasteiger charge is -2.14. The summed E-state index contributed by atoms with van der Waals surface area (Å²) < 4.78 is 4.65. The molecule has 4 heteroatoms. The molecule has 0 aromatic heterocycles. The van der Waals surface area contributed by atoms with Crippen LogP contribution >= 0.6 is 0 Å². The number of rotatable bonds is 4. The van der Waals surface area contributed by atoms with Crippen molar-refractivity contribution in [3.63, 3.8) is 0 Å². The Hall–Kier alpha value is -1.86. The van der Waals surface area contributed by atoms with Crippen LogP contribution in [0.4, 0.5) is 0 Å². The van der Waals surface area contributed by atoms with Crippen LogP contribution in [0.2, 0.25) is 0 Å². The predicted molar refractivity (Wildman–Crippen MR) is 54.8 cm³/mol. The molecule has 1 aromatic rings. The van der Waals surface area contributed by atoms with Gasteiger partial charge < -0.3 is 4.74 Å². The second-order valence-electron chi connectivity index (χ2n) is 2.91. The second kappa shape index (κ2) is 5.78. The van der Waals surface area contributed by atoms with E-state index >= 15 is 0 Å². The molecule has 0 amide bonds. The quantitative estimate of drug-likeness (QED) is 0.587. The standard InChI is InChI=1S/C11H12N2O2/c1-15-11(14)10(13-8-7-12)9-5-3-2-4-6-9/h2-6,10,13H,8H2,1H3. The lowest BCUT2D eigenvalue weighted by Crippen LogP contribution is -2.29. The lowest BCUT2D eigenvalue weighted by molar-refractivity contribution is -0.143. The predicted octanol–water partition coefficient (Wildman–Crippen LogP) is 1.01. The van der Waals surface area contributed by atoms with Crippen molar-refractivity contribution in [1.29, 1.82) is 5.26 Å². The summed E-state index contributed by atoms with van der Waals surface area (Å²) in [4.78, 5) is 11.4. The SMILES string of the molecule is COC(=O)C(NCC#N)c1ccccc1. The van der Waals surface area contributed by atoms with Gasteiger partial charge in [-0.25, -0.2) is 4.79 Å². The zero-order chi connectivity index (χ0) is 11.1. The Balaban J connectivity index is 2.82. The fraction of sp³-hybridized carbons (Fsp3) is 0.273. The van der Waals surface area contributed by atoms with Crippen molar-refractivity contribution < 1.29 is 9.53 Å². The molecule has 15 heavy (non-hydrogen) atoms. The molecule has 0 bridgehead atoms. The molecule has 1 unspecified atom stereocenters. The zero-order valence-electron chi connectivity index (χ0n) is 8.43. The van der Waals surface area contributed by atoms with E-state index in [2.05, 4.69) is 10.1 Å². The van der Waals surface area contributed by atoms with E-state index in [1.165, 1.54) is 7.11 Å². The molecular formula is C11H12N2O2. The van der Waals surface area contributed by atoms with Crippen LogP contribution in [0.15, 0.2) is 30.3 Å². The highest BCUT2D eigenvalue weighted by atomic mass is 16.5. The van der Waals surface area contributed by atoms with Crippen LogP contribution < -0.4 is 5.32 Å². The molecule has 4 nitrogen and oxygen atoms in total. The van der Waals surface area contributed by atoms with Gasteiger partial charge in [-0.3, -0.25) is 5.32 Å². The van der Waals surface area contributed by atoms with Crippen LogP contribution in [-0.2, 0) is 9.53 Å². The van der Waals surface area contributed by atoms with Gasteiger partial charge in [-0.15, -0.1) is 0 Å². The number of carbonyl (C=O) groups is 1. The molecule has 1 N–H and O–H groups in total. The van der Waals surface area contributed by atoms with E-state index in [1.807, 2.05) is 36.4 Å². The Labute approximate surface area is 88.5 Å². The molecular weight excluding hydrogens is 192 g/mol. The average Bonchev–Trinajstić information content (AvgIpc) is 2.30. The molecule has 1 atom stereocenters. The van der Waals surface area contributed by atoms with E-state index in [1.54, 1.807) is 0 Å². The molecule has 78 valence electrons. The first-order valence-electron chi connectivity index (χ1n) is 4.52. The number of methoxy groups -OCH3 is 1. The first-order chi connectivity index (χ1) is 7.29. The molecule has 0 heterocycles. The highest BCUT2D eigenvalue weighted by Crippen LogP contribution is 2.13. The molecule has 0 radical (unpaired) electrons. The van der Waals surface area contributed by atoms with E-state index in [-0.39, 0.29) is 6.54 Å². The number of hydrogen-bond acceptors (Lipinski definition) is 4. The van der Waals surface area contributed by atoms with Gasteiger partial charge in [0, 0.05) is 0 Å². The van der Waals surface area contributed by atoms with Crippen LogP contribution in [0.1, 0.15) is 11.6 Å². The highest BCUT2D eigenvalue weighted by Gasteiger charge is 2.19. The Kier molecular flexibility index (Phi) is 4.32. The normalized spacial score (nSPS) is 11.5. The van der Waals surface area contributed by atoms with Gasteiger partial charge >= 0.3 is 5.97 Å². The topological polar surface area (TPSA) is 62.1 Å². The third-order valence-electron chi connectivity index (χ3n) is 1.96. The maximum Gasteiger partial charge on any atom is 0.327 e. The molecule has 1 aromatic carbocycles. The van der Waals surface area contributed by atoms with Crippen molar-refractivity contribution in [2.24, 2.45) is 0 Å².